The first-order chi connectivity index (χ1) is 22.6. The number of carbonyl (C=O) groups excluding carboxylic acids is 2. The van der Waals surface area contributed by atoms with Gasteiger partial charge < -0.3 is 19.7 Å². The van der Waals surface area contributed by atoms with E-state index >= 15 is 4.39 Å². The number of nitrogens with one attached hydrogen (secondary N) is 1. The quantitative estimate of drug-likeness (QED) is 0.180. The molecule has 0 spiro atoms. The standard InChI is InChI=1S/C36H40FN3O6S/c1-5-21-38-36(42)32(22-27-11-7-6-8-12-27)39(24-28-13-9-10-14-31(28)37)35(41)25-40(29-17-20-33(45-3)34(23-29)46-4)47(43,44)30-18-15-26(2)16-19-30/h6-20,23,32H,5,21-22,24-25H2,1-4H3,(H,38,42)/t32-/m0/s1. The molecule has 11 heteroatoms. The maximum atomic E-state index is 15.1. The molecule has 47 heavy (non-hydrogen) atoms. The highest BCUT2D eigenvalue weighted by molar-refractivity contribution is 7.92. The van der Waals surface area contributed by atoms with Gasteiger partial charge in [0.25, 0.3) is 10.0 Å². The van der Waals surface area contributed by atoms with Crippen molar-refractivity contribution in [2.75, 3.05) is 31.6 Å². The van der Waals surface area contributed by atoms with Crippen LogP contribution in [0.4, 0.5) is 10.1 Å². The van der Waals surface area contributed by atoms with Crippen LogP contribution >= 0.6 is 0 Å². The summed E-state index contributed by atoms with van der Waals surface area (Å²) in [6, 6.07) is 24.9. The van der Waals surface area contributed by atoms with E-state index in [9.17, 15) is 18.0 Å². The Kier molecular flexibility index (Phi) is 12.0. The number of nitrogens with zero attached hydrogens (tertiary/aromatic N) is 2. The highest BCUT2D eigenvalue weighted by Crippen LogP contribution is 2.34. The van der Waals surface area contributed by atoms with Crippen LogP contribution < -0.4 is 19.1 Å². The van der Waals surface area contributed by atoms with Crippen LogP contribution in [0.25, 0.3) is 0 Å². The number of carbonyl (C=O) groups is 2. The number of hydrogen-bond donors (Lipinski definition) is 1. The van der Waals surface area contributed by atoms with Crippen molar-refractivity contribution in [3.05, 3.63) is 120 Å². The molecule has 0 radical (unpaired) electrons. The third-order valence-electron chi connectivity index (χ3n) is 7.66. The van der Waals surface area contributed by atoms with E-state index in [4.69, 9.17) is 9.47 Å². The smallest absolute Gasteiger partial charge is 0.264 e. The van der Waals surface area contributed by atoms with Crippen LogP contribution in [0.15, 0.2) is 102 Å². The molecule has 248 valence electrons. The number of hydrogen-bond acceptors (Lipinski definition) is 6. The van der Waals surface area contributed by atoms with Crippen molar-refractivity contribution < 1.29 is 31.9 Å². The molecule has 0 aliphatic rings. The lowest BCUT2D eigenvalue weighted by Crippen LogP contribution is -2.53. The third-order valence-corrected chi connectivity index (χ3v) is 9.45. The van der Waals surface area contributed by atoms with Gasteiger partial charge in [-0.3, -0.25) is 13.9 Å². The van der Waals surface area contributed by atoms with E-state index in [0.29, 0.717) is 18.7 Å². The number of methoxy groups -OCH3 is 2. The molecule has 1 N–H and O–H groups in total. The highest BCUT2D eigenvalue weighted by Gasteiger charge is 2.35. The number of anilines is 1. The van der Waals surface area contributed by atoms with Crippen LogP contribution in [-0.2, 0) is 32.6 Å². The van der Waals surface area contributed by atoms with Gasteiger partial charge in [-0.2, -0.15) is 0 Å². The van der Waals surface area contributed by atoms with Crippen LogP contribution in [0, 0.1) is 12.7 Å². The molecule has 0 aliphatic heterocycles. The summed E-state index contributed by atoms with van der Waals surface area (Å²) in [5.74, 6) is -1.06. The lowest BCUT2D eigenvalue weighted by atomic mass is 10.0. The second-order valence-electron chi connectivity index (χ2n) is 11.0. The van der Waals surface area contributed by atoms with Gasteiger partial charge >= 0.3 is 0 Å². The summed E-state index contributed by atoms with van der Waals surface area (Å²) in [6.07, 6.45) is 0.782. The number of ether oxygens (including phenoxy) is 2. The summed E-state index contributed by atoms with van der Waals surface area (Å²) in [6.45, 7) is 3.15. The number of halogens is 1. The Morgan fingerprint density at radius 2 is 1.53 bits per heavy atom. The second-order valence-corrected chi connectivity index (χ2v) is 12.8. The van der Waals surface area contributed by atoms with Crippen molar-refractivity contribution in [2.45, 2.75) is 44.2 Å². The largest absolute Gasteiger partial charge is 0.493 e. The molecule has 0 heterocycles. The Morgan fingerprint density at radius 3 is 2.17 bits per heavy atom. The average Bonchev–Trinajstić information content (AvgIpc) is 3.08. The first-order valence-electron chi connectivity index (χ1n) is 15.2. The van der Waals surface area contributed by atoms with E-state index in [-0.39, 0.29) is 34.9 Å². The third kappa shape index (κ3) is 8.68. The van der Waals surface area contributed by atoms with E-state index in [2.05, 4.69) is 5.32 Å². The predicted octanol–water partition coefficient (Wildman–Crippen LogP) is 5.51. The first-order valence-corrected chi connectivity index (χ1v) is 16.7. The van der Waals surface area contributed by atoms with Crippen LogP contribution in [0.3, 0.4) is 0 Å². The molecule has 0 aliphatic carbocycles. The fourth-order valence-electron chi connectivity index (χ4n) is 5.08. The SMILES string of the molecule is CCCNC(=O)[C@H](Cc1ccccc1)N(Cc1ccccc1F)C(=O)CN(c1ccc(OC)c(OC)c1)S(=O)(=O)c1ccc(C)cc1. The zero-order valence-electron chi connectivity index (χ0n) is 27.0. The molecule has 0 bridgehead atoms. The number of rotatable bonds is 15. The molecule has 4 aromatic rings. The van der Waals surface area contributed by atoms with E-state index < -0.39 is 40.2 Å². The maximum absolute atomic E-state index is 15.1. The Balaban J connectivity index is 1.84. The Bertz CT molecular complexity index is 1770. The van der Waals surface area contributed by atoms with Crippen molar-refractivity contribution in [1.82, 2.24) is 10.2 Å². The Labute approximate surface area is 276 Å². The monoisotopic (exact) mass is 661 g/mol. The minimum absolute atomic E-state index is 0.0344. The van der Waals surface area contributed by atoms with Crippen molar-refractivity contribution in [3.63, 3.8) is 0 Å². The number of amides is 2. The minimum Gasteiger partial charge on any atom is -0.493 e. The Hall–Kier alpha value is -4.90. The van der Waals surface area contributed by atoms with Crippen LogP contribution in [-0.4, -0.2) is 58.5 Å². The molecular weight excluding hydrogens is 621 g/mol. The number of sulfonamides is 1. The fourth-order valence-corrected chi connectivity index (χ4v) is 6.48. The molecule has 4 aromatic carbocycles. The predicted molar refractivity (Wildman–Crippen MR) is 179 cm³/mol. The summed E-state index contributed by atoms with van der Waals surface area (Å²) >= 11 is 0. The number of aryl methyl sites for hydroxylation is 1. The summed E-state index contributed by atoms with van der Waals surface area (Å²) < 4.78 is 55.3. The van der Waals surface area contributed by atoms with E-state index in [1.165, 1.54) is 61.6 Å². The van der Waals surface area contributed by atoms with E-state index in [1.807, 2.05) is 44.2 Å². The van der Waals surface area contributed by atoms with Crippen LogP contribution in [0.1, 0.15) is 30.0 Å². The van der Waals surface area contributed by atoms with Crippen molar-refractivity contribution >= 4 is 27.5 Å². The summed E-state index contributed by atoms with van der Waals surface area (Å²) in [4.78, 5) is 29.5. The van der Waals surface area contributed by atoms with Gasteiger partial charge in [0.05, 0.1) is 24.8 Å². The average molecular weight is 662 g/mol. The molecule has 9 nitrogen and oxygen atoms in total. The summed E-state index contributed by atoms with van der Waals surface area (Å²) in [5.41, 5.74) is 1.95. The van der Waals surface area contributed by atoms with Gasteiger partial charge in [-0.25, -0.2) is 12.8 Å². The number of benzene rings is 4. The maximum Gasteiger partial charge on any atom is 0.264 e. The van der Waals surface area contributed by atoms with Crippen molar-refractivity contribution in [2.24, 2.45) is 0 Å². The van der Waals surface area contributed by atoms with E-state index in [0.717, 1.165) is 15.4 Å². The molecule has 0 saturated carbocycles. The van der Waals surface area contributed by atoms with Gasteiger partial charge in [-0.1, -0.05) is 73.2 Å². The molecule has 0 saturated heterocycles. The zero-order valence-corrected chi connectivity index (χ0v) is 27.8. The summed E-state index contributed by atoms with van der Waals surface area (Å²) in [5, 5.41) is 2.87. The normalized spacial score (nSPS) is 11.8. The fraction of sp³-hybridized carbons (Fsp3) is 0.278. The van der Waals surface area contributed by atoms with Gasteiger partial charge in [-0.05, 0) is 49.2 Å². The second kappa shape index (κ2) is 16.1. The van der Waals surface area contributed by atoms with Crippen molar-refractivity contribution in [1.29, 1.82) is 0 Å². The van der Waals surface area contributed by atoms with Crippen molar-refractivity contribution in [3.8, 4) is 11.5 Å². The molecule has 0 unspecified atom stereocenters. The van der Waals surface area contributed by atoms with Crippen LogP contribution in [0.5, 0.6) is 11.5 Å². The van der Waals surface area contributed by atoms with Gasteiger partial charge in [0.2, 0.25) is 11.8 Å². The Morgan fingerprint density at radius 1 is 0.872 bits per heavy atom. The molecular formula is C36H40FN3O6S. The molecule has 1 atom stereocenters. The van der Waals surface area contributed by atoms with Gasteiger partial charge in [0.15, 0.2) is 11.5 Å². The van der Waals surface area contributed by atoms with E-state index in [1.54, 1.807) is 24.3 Å². The van der Waals surface area contributed by atoms with Gasteiger partial charge in [0.1, 0.15) is 18.4 Å². The van der Waals surface area contributed by atoms with Gasteiger partial charge in [0, 0.05) is 31.1 Å². The molecule has 4 rings (SSSR count). The van der Waals surface area contributed by atoms with Gasteiger partial charge in [-0.15, -0.1) is 0 Å². The molecule has 0 fully saturated rings. The highest BCUT2D eigenvalue weighted by atomic mass is 32.2. The molecule has 0 aromatic heterocycles. The molecule has 2 amide bonds. The lowest BCUT2D eigenvalue weighted by molar-refractivity contribution is -0.140. The summed E-state index contributed by atoms with van der Waals surface area (Å²) in [7, 11) is -1.45. The zero-order chi connectivity index (χ0) is 34.0. The first kappa shape index (κ1) is 35.0. The van der Waals surface area contributed by atoms with Crippen LogP contribution in [0.2, 0.25) is 0 Å². The lowest BCUT2D eigenvalue weighted by Gasteiger charge is -2.34. The minimum atomic E-state index is -4.33. The topological polar surface area (TPSA) is 105 Å².